The van der Waals surface area contributed by atoms with Crippen LogP contribution in [-0.4, -0.2) is 29.0 Å². The summed E-state index contributed by atoms with van der Waals surface area (Å²) >= 11 is 5.86. The van der Waals surface area contributed by atoms with Crippen LogP contribution in [0.25, 0.3) is 10.9 Å². The van der Waals surface area contributed by atoms with Crippen molar-refractivity contribution < 1.29 is 4.79 Å². The average molecular weight is 265 g/mol. The summed E-state index contributed by atoms with van der Waals surface area (Å²) in [5.41, 5.74) is 0.740. The molecule has 0 saturated heterocycles. The highest BCUT2D eigenvalue weighted by molar-refractivity contribution is 6.28. The summed E-state index contributed by atoms with van der Waals surface area (Å²) in [6.45, 7) is 1.75. The van der Waals surface area contributed by atoms with Crippen LogP contribution >= 0.6 is 11.6 Å². The van der Waals surface area contributed by atoms with Crippen LogP contribution in [0.1, 0.15) is 6.92 Å². The van der Waals surface area contributed by atoms with E-state index < -0.39 is 6.04 Å². The molecule has 1 atom stereocenters. The van der Waals surface area contributed by atoms with Gasteiger partial charge in [-0.25, -0.2) is 9.97 Å². The Morgan fingerprint density at radius 1 is 1.33 bits per heavy atom. The predicted molar refractivity (Wildman–Crippen MR) is 71.7 cm³/mol. The van der Waals surface area contributed by atoms with Crippen molar-refractivity contribution in [2.45, 2.75) is 13.0 Å². The monoisotopic (exact) mass is 264 g/mol. The molecule has 0 fully saturated rings. The molecule has 0 spiro atoms. The summed E-state index contributed by atoms with van der Waals surface area (Å²) in [5, 5.41) is 6.58. The number of fused-ring (bicyclic) bond motifs is 1. The van der Waals surface area contributed by atoms with Crippen molar-refractivity contribution in [3.8, 4) is 0 Å². The fourth-order valence-electron chi connectivity index (χ4n) is 1.65. The van der Waals surface area contributed by atoms with Gasteiger partial charge in [-0.05, 0) is 30.7 Å². The minimum Gasteiger partial charge on any atom is -0.358 e. The number of anilines is 1. The zero-order valence-corrected chi connectivity index (χ0v) is 10.8. The Hall–Kier alpha value is -1.88. The quantitative estimate of drug-likeness (QED) is 0.830. The van der Waals surface area contributed by atoms with Crippen LogP contribution in [0.15, 0.2) is 24.3 Å². The third-order valence-corrected chi connectivity index (χ3v) is 2.74. The standard InChI is InChI=1S/C12H13ClN4O/c1-7(11(18)14-2)15-10-8-5-3-4-6-9(8)16-12(13)17-10/h3-7H,1-2H3,(H,14,18)(H,15,16,17). The number of hydrogen-bond acceptors (Lipinski definition) is 4. The van der Waals surface area contributed by atoms with E-state index in [-0.39, 0.29) is 11.2 Å². The lowest BCUT2D eigenvalue weighted by Crippen LogP contribution is -2.35. The molecular formula is C12H13ClN4O. The molecule has 1 heterocycles. The number of carbonyl (C=O) groups excluding carboxylic acids is 1. The van der Waals surface area contributed by atoms with Gasteiger partial charge in [0.2, 0.25) is 11.2 Å². The zero-order valence-electron chi connectivity index (χ0n) is 10.1. The molecule has 0 bridgehead atoms. The van der Waals surface area contributed by atoms with Crippen LogP contribution in [0.5, 0.6) is 0 Å². The average Bonchev–Trinajstić information content (AvgIpc) is 2.37. The SMILES string of the molecule is CNC(=O)C(C)Nc1nc(Cl)nc2ccccc12. The number of benzene rings is 1. The van der Waals surface area contributed by atoms with Crippen molar-refractivity contribution in [2.24, 2.45) is 0 Å². The van der Waals surface area contributed by atoms with Crippen LogP contribution in [0.3, 0.4) is 0 Å². The third-order valence-electron chi connectivity index (χ3n) is 2.57. The summed E-state index contributed by atoms with van der Waals surface area (Å²) in [6, 6.07) is 7.08. The van der Waals surface area contributed by atoms with E-state index >= 15 is 0 Å². The van der Waals surface area contributed by atoms with Gasteiger partial charge in [-0.2, -0.15) is 0 Å². The number of rotatable bonds is 3. The van der Waals surface area contributed by atoms with Crippen LogP contribution in [0.2, 0.25) is 5.28 Å². The Morgan fingerprint density at radius 2 is 2.06 bits per heavy atom. The summed E-state index contributed by atoms with van der Waals surface area (Å²) in [4.78, 5) is 19.7. The maximum atomic E-state index is 11.5. The van der Waals surface area contributed by atoms with Gasteiger partial charge in [0.15, 0.2) is 0 Å². The first kappa shape index (κ1) is 12.6. The second-order valence-electron chi connectivity index (χ2n) is 3.84. The number of nitrogens with one attached hydrogen (secondary N) is 2. The minimum atomic E-state index is -0.399. The first-order valence-corrected chi connectivity index (χ1v) is 5.90. The second-order valence-corrected chi connectivity index (χ2v) is 4.18. The lowest BCUT2D eigenvalue weighted by Gasteiger charge is -2.14. The van der Waals surface area contributed by atoms with E-state index in [2.05, 4.69) is 20.6 Å². The number of hydrogen-bond donors (Lipinski definition) is 2. The van der Waals surface area contributed by atoms with Crippen molar-refractivity contribution in [1.82, 2.24) is 15.3 Å². The minimum absolute atomic E-state index is 0.117. The summed E-state index contributed by atoms with van der Waals surface area (Å²) in [5.74, 6) is 0.440. The molecule has 6 heteroatoms. The Labute approximate surface area is 110 Å². The van der Waals surface area contributed by atoms with Crippen molar-refractivity contribution in [3.63, 3.8) is 0 Å². The van der Waals surface area contributed by atoms with Gasteiger partial charge in [0, 0.05) is 12.4 Å². The normalized spacial score (nSPS) is 12.2. The molecule has 0 radical (unpaired) electrons. The van der Waals surface area contributed by atoms with E-state index in [4.69, 9.17) is 11.6 Å². The number of likely N-dealkylation sites (N-methyl/N-ethyl adjacent to an activating group) is 1. The Kier molecular flexibility index (Phi) is 3.62. The van der Waals surface area contributed by atoms with Crippen LogP contribution in [0, 0.1) is 0 Å². The fraction of sp³-hybridized carbons (Fsp3) is 0.250. The molecule has 1 unspecified atom stereocenters. The second kappa shape index (κ2) is 5.18. The molecule has 0 saturated carbocycles. The molecule has 1 aromatic carbocycles. The van der Waals surface area contributed by atoms with E-state index in [0.717, 1.165) is 10.9 Å². The van der Waals surface area contributed by atoms with E-state index in [1.54, 1.807) is 14.0 Å². The third kappa shape index (κ3) is 2.51. The molecule has 18 heavy (non-hydrogen) atoms. The molecule has 2 rings (SSSR count). The maximum Gasteiger partial charge on any atom is 0.241 e. The van der Waals surface area contributed by atoms with Crippen LogP contribution < -0.4 is 10.6 Å². The first-order chi connectivity index (χ1) is 8.61. The first-order valence-electron chi connectivity index (χ1n) is 5.52. The molecule has 2 N–H and O–H groups in total. The number of amides is 1. The summed E-state index contributed by atoms with van der Waals surface area (Å²) in [6.07, 6.45) is 0. The number of para-hydroxylation sites is 1. The van der Waals surface area contributed by atoms with Crippen molar-refractivity contribution >= 4 is 34.2 Å². The van der Waals surface area contributed by atoms with Crippen molar-refractivity contribution in [1.29, 1.82) is 0 Å². The van der Waals surface area contributed by atoms with Crippen LogP contribution in [-0.2, 0) is 4.79 Å². The number of halogens is 1. The zero-order chi connectivity index (χ0) is 13.1. The number of carbonyl (C=O) groups is 1. The fourth-order valence-corrected chi connectivity index (χ4v) is 1.82. The maximum absolute atomic E-state index is 11.5. The predicted octanol–water partition coefficient (Wildman–Crippen LogP) is 1.83. The Bertz CT molecular complexity index is 587. The number of nitrogens with zero attached hydrogens (tertiary/aromatic N) is 2. The molecule has 0 aliphatic heterocycles. The highest BCUT2D eigenvalue weighted by atomic mass is 35.5. The molecule has 1 aromatic heterocycles. The van der Waals surface area contributed by atoms with Gasteiger partial charge < -0.3 is 10.6 Å². The highest BCUT2D eigenvalue weighted by Gasteiger charge is 2.13. The van der Waals surface area contributed by atoms with Gasteiger partial charge in [-0.15, -0.1) is 0 Å². The van der Waals surface area contributed by atoms with Crippen LogP contribution in [0.4, 0.5) is 5.82 Å². The smallest absolute Gasteiger partial charge is 0.241 e. The lowest BCUT2D eigenvalue weighted by molar-refractivity contribution is -0.121. The van der Waals surface area contributed by atoms with Gasteiger partial charge in [0.1, 0.15) is 11.9 Å². The molecule has 2 aromatic rings. The molecule has 0 aliphatic carbocycles. The van der Waals surface area contributed by atoms with E-state index in [0.29, 0.717) is 5.82 Å². The molecule has 94 valence electrons. The van der Waals surface area contributed by atoms with Gasteiger partial charge in [-0.1, -0.05) is 12.1 Å². The van der Waals surface area contributed by atoms with Gasteiger partial charge in [0.05, 0.1) is 5.52 Å². The van der Waals surface area contributed by atoms with Gasteiger partial charge in [-0.3, -0.25) is 4.79 Å². The highest BCUT2D eigenvalue weighted by Crippen LogP contribution is 2.22. The molecule has 5 nitrogen and oxygen atoms in total. The number of aromatic nitrogens is 2. The van der Waals surface area contributed by atoms with E-state index in [1.807, 2.05) is 24.3 Å². The van der Waals surface area contributed by atoms with Gasteiger partial charge in [0.25, 0.3) is 0 Å². The molecule has 1 amide bonds. The largest absolute Gasteiger partial charge is 0.358 e. The lowest BCUT2D eigenvalue weighted by atomic mass is 10.2. The topological polar surface area (TPSA) is 66.9 Å². The molecule has 0 aliphatic rings. The summed E-state index contributed by atoms with van der Waals surface area (Å²) in [7, 11) is 1.59. The van der Waals surface area contributed by atoms with Crippen molar-refractivity contribution in [2.75, 3.05) is 12.4 Å². The Morgan fingerprint density at radius 3 is 2.78 bits per heavy atom. The molecular weight excluding hydrogens is 252 g/mol. The Balaban J connectivity index is 2.41. The van der Waals surface area contributed by atoms with E-state index in [1.165, 1.54) is 0 Å². The van der Waals surface area contributed by atoms with Crippen molar-refractivity contribution in [3.05, 3.63) is 29.5 Å². The van der Waals surface area contributed by atoms with Gasteiger partial charge >= 0.3 is 0 Å². The summed E-state index contributed by atoms with van der Waals surface area (Å²) < 4.78 is 0. The van der Waals surface area contributed by atoms with E-state index in [9.17, 15) is 4.79 Å².